The number of benzene rings is 2. The van der Waals surface area contributed by atoms with Gasteiger partial charge in [0.15, 0.2) is 11.0 Å². The van der Waals surface area contributed by atoms with E-state index in [0.29, 0.717) is 23.3 Å². The van der Waals surface area contributed by atoms with Crippen molar-refractivity contribution < 1.29 is 4.74 Å². The van der Waals surface area contributed by atoms with Crippen molar-refractivity contribution in [1.29, 1.82) is 0 Å². The van der Waals surface area contributed by atoms with Crippen LogP contribution in [0.25, 0.3) is 10.6 Å². The number of halogens is 1. The number of aromatic nitrogens is 4. The van der Waals surface area contributed by atoms with Crippen LogP contribution in [0.15, 0.2) is 59.1 Å². The van der Waals surface area contributed by atoms with Crippen LogP contribution in [0.3, 0.4) is 0 Å². The molecule has 0 saturated heterocycles. The van der Waals surface area contributed by atoms with E-state index in [0.717, 1.165) is 33.0 Å². The van der Waals surface area contributed by atoms with E-state index in [1.165, 1.54) is 5.56 Å². The highest BCUT2D eigenvalue weighted by atomic mass is 35.5. The number of thiazole rings is 1. The van der Waals surface area contributed by atoms with Gasteiger partial charge in [-0.1, -0.05) is 67.5 Å². The Morgan fingerprint density at radius 1 is 1.10 bits per heavy atom. The molecule has 0 fully saturated rings. The molecule has 4 rings (SSSR count). The Morgan fingerprint density at radius 3 is 2.61 bits per heavy atom. The lowest BCUT2D eigenvalue weighted by Gasteiger charge is -2.09. The van der Waals surface area contributed by atoms with Crippen LogP contribution < -0.4 is 4.74 Å². The van der Waals surface area contributed by atoms with Crippen LogP contribution in [-0.2, 0) is 19.4 Å². The first-order valence-corrected chi connectivity index (χ1v) is 12.2. The van der Waals surface area contributed by atoms with Crippen LogP contribution in [-0.4, -0.2) is 19.7 Å². The lowest BCUT2D eigenvalue weighted by Crippen LogP contribution is -2.04. The molecule has 0 N–H and O–H groups in total. The molecule has 0 atom stereocenters. The summed E-state index contributed by atoms with van der Waals surface area (Å²) in [5.74, 6) is 2.83. The van der Waals surface area contributed by atoms with Crippen LogP contribution in [0.4, 0.5) is 0 Å². The normalized spacial score (nSPS) is 11.3. The smallest absolute Gasteiger partial charge is 0.191 e. The Labute approximate surface area is 195 Å². The third-order valence-corrected chi connectivity index (χ3v) is 7.15. The average Bonchev–Trinajstić information content (AvgIpc) is 3.38. The molecule has 4 aromatic rings. The predicted molar refractivity (Wildman–Crippen MR) is 128 cm³/mol. The Hall–Kier alpha value is -2.35. The van der Waals surface area contributed by atoms with Gasteiger partial charge in [0, 0.05) is 23.7 Å². The van der Waals surface area contributed by atoms with E-state index in [1.54, 1.807) is 23.1 Å². The fraction of sp³-hybridized carbons (Fsp3) is 0.261. The van der Waals surface area contributed by atoms with E-state index in [9.17, 15) is 0 Å². The zero-order valence-electron chi connectivity index (χ0n) is 17.6. The largest absolute Gasteiger partial charge is 0.486 e. The van der Waals surface area contributed by atoms with Gasteiger partial charge < -0.3 is 9.30 Å². The third kappa shape index (κ3) is 5.29. The average molecular weight is 471 g/mol. The second-order valence-corrected chi connectivity index (χ2v) is 9.59. The van der Waals surface area contributed by atoms with Gasteiger partial charge in [0.25, 0.3) is 0 Å². The monoisotopic (exact) mass is 470 g/mol. The molecular weight excluding hydrogens is 448 g/mol. The number of thioether (sulfide) groups is 1. The van der Waals surface area contributed by atoms with Crippen LogP contribution in [0.5, 0.6) is 5.75 Å². The minimum atomic E-state index is 0.373. The lowest BCUT2D eigenvalue weighted by molar-refractivity contribution is 0.290. The van der Waals surface area contributed by atoms with Crippen LogP contribution in [0, 0.1) is 0 Å². The van der Waals surface area contributed by atoms with Crippen LogP contribution in [0.2, 0.25) is 5.02 Å². The molecule has 31 heavy (non-hydrogen) atoms. The molecule has 0 aliphatic carbocycles. The van der Waals surface area contributed by atoms with Crippen molar-refractivity contribution in [3.05, 3.63) is 76.0 Å². The van der Waals surface area contributed by atoms with Crippen molar-refractivity contribution in [3.8, 4) is 16.3 Å². The summed E-state index contributed by atoms with van der Waals surface area (Å²) in [6.45, 7) is 4.73. The van der Waals surface area contributed by atoms with Crippen LogP contribution >= 0.6 is 34.7 Å². The second kappa shape index (κ2) is 9.85. The van der Waals surface area contributed by atoms with E-state index in [1.807, 2.05) is 48.0 Å². The highest BCUT2D eigenvalue weighted by Gasteiger charge is 2.13. The van der Waals surface area contributed by atoms with Crippen molar-refractivity contribution in [2.24, 2.45) is 7.05 Å². The fourth-order valence-corrected chi connectivity index (χ4v) is 5.03. The lowest BCUT2D eigenvalue weighted by atomic mass is 10.0. The standard InChI is InChI=1S/C23H23ClN4OS2/c1-15(2)16-8-10-18(11-9-16)29-12-21-26-27-23(28(21)3)31-14-17-13-30-22(25-17)19-6-4-5-7-20(19)24/h4-11,13,15H,12,14H2,1-3H3. The summed E-state index contributed by atoms with van der Waals surface area (Å²) >= 11 is 9.49. The van der Waals surface area contributed by atoms with Gasteiger partial charge in [0.2, 0.25) is 0 Å². The van der Waals surface area contributed by atoms with Gasteiger partial charge in [-0.25, -0.2) is 4.98 Å². The summed E-state index contributed by atoms with van der Waals surface area (Å²) < 4.78 is 7.86. The van der Waals surface area contributed by atoms with Gasteiger partial charge in [-0.3, -0.25) is 0 Å². The summed E-state index contributed by atoms with van der Waals surface area (Å²) in [5, 5.41) is 13.1. The molecule has 0 saturated carbocycles. The summed E-state index contributed by atoms with van der Waals surface area (Å²) in [6, 6.07) is 16.0. The van der Waals surface area contributed by atoms with Crippen molar-refractivity contribution in [1.82, 2.24) is 19.7 Å². The van der Waals surface area contributed by atoms with Gasteiger partial charge in [0.1, 0.15) is 17.4 Å². The Balaban J connectivity index is 1.35. The maximum absolute atomic E-state index is 6.29. The summed E-state index contributed by atoms with van der Waals surface area (Å²) in [7, 11) is 1.96. The van der Waals surface area contributed by atoms with Gasteiger partial charge in [0.05, 0.1) is 10.7 Å². The van der Waals surface area contributed by atoms with Gasteiger partial charge in [-0.2, -0.15) is 0 Å². The Bertz CT molecular complexity index is 1150. The van der Waals surface area contributed by atoms with Crippen molar-refractivity contribution >= 4 is 34.7 Å². The van der Waals surface area contributed by atoms with Gasteiger partial charge in [-0.15, -0.1) is 21.5 Å². The first kappa shape index (κ1) is 21.9. The minimum absolute atomic E-state index is 0.373. The number of nitrogens with zero attached hydrogens (tertiary/aromatic N) is 4. The molecule has 2 heterocycles. The number of hydrogen-bond donors (Lipinski definition) is 0. The van der Waals surface area contributed by atoms with E-state index in [2.05, 4.69) is 41.6 Å². The van der Waals surface area contributed by atoms with E-state index in [4.69, 9.17) is 21.3 Å². The number of rotatable bonds is 8. The first-order valence-electron chi connectivity index (χ1n) is 9.94. The molecule has 0 spiro atoms. The van der Waals surface area contributed by atoms with E-state index in [-0.39, 0.29) is 0 Å². The highest BCUT2D eigenvalue weighted by Crippen LogP contribution is 2.31. The van der Waals surface area contributed by atoms with Gasteiger partial charge in [-0.05, 0) is 29.7 Å². The van der Waals surface area contributed by atoms with Gasteiger partial charge >= 0.3 is 0 Å². The highest BCUT2D eigenvalue weighted by molar-refractivity contribution is 7.98. The Kier molecular flexibility index (Phi) is 6.95. The topological polar surface area (TPSA) is 52.8 Å². The molecule has 0 aliphatic rings. The Morgan fingerprint density at radius 2 is 1.87 bits per heavy atom. The first-order chi connectivity index (χ1) is 15.0. The molecular formula is C23H23ClN4OS2. The molecule has 2 aromatic carbocycles. The molecule has 160 valence electrons. The fourth-order valence-electron chi connectivity index (χ4n) is 2.96. The zero-order chi connectivity index (χ0) is 21.8. The maximum Gasteiger partial charge on any atom is 0.191 e. The summed E-state index contributed by atoms with van der Waals surface area (Å²) in [6.07, 6.45) is 0. The molecule has 0 unspecified atom stereocenters. The number of ether oxygens (including phenoxy) is 1. The second-order valence-electron chi connectivity index (χ2n) is 7.38. The van der Waals surface area contributed by atoms with E-state index < -0.39 is 0 Å². The maximum atomic E-state index is 6.29. The van der Waals surface area contributed by atoms with Crippen molar-refractivity contribution in [2.75, 3.05) is 0 Å². The SMILES string of the molecule is CC(C)c1ccc(OCc2nnc(SCc3csc(-c4ccccc4Cl)n3)n2C)cc1. The van der Waals surface area contributed by atoms with Crippen molar-refractivity contribution in [3.63, 3.8) is 0 Å². The minimum Gasteiger partial charge on any atom is -0.486 e. The zero-order valence-corrected chi connectivity index (χ0v) is 20.0. The third-order valence-electron chi connectivity index (χ3n) is 4.84. The summed E-state index contributed by atoms with van der Waals surface area (Å²) in [4.78, 5) is 4.72. The molecule has 8 heteroatoms. The van der Waals surface area contributed by atoms with E-state index >= 15 is 0 Å². The molecule has 0 bridgehead atoms. The molecule has 0 aliphatic heterocycles. The van der Waals surface area contributed by atoms with Crippen molar-refractivity contribution in [2.45, 2.75) is 37.3 Å². The molecule has 0 radical (unpaired) electrons. The number of hydrogen-bond acceptors (Lipinski definition) is 6. The molecule has 2 aromatic heterocycles. The molecule has 5 nitrogen and oxygen atoms in total. The quantitative estimate of drug-likeness (QED) is 0.272. The predicted octanol–water partition coefficient (Wildman–Crippen LogP) is 6.59. The summed E-state index contributed by atoms with van der Waals surface area (Å²) in [5.41, 5.74) is 3.25. The van der Waals surface area contributed by atoms with Crippen LogP contribution in [0.1, 0.15) is 36.8 Å². The molecule has 0 amide bonds.